The van der Waals surface area contributed by atoms with Gasteiger partial charge in [0.1, 0.15) is 10.3 Å². The average molecular weight is 405 g/mol. The Morgan fingerprint density at radius 1 is 0.963 bits per heavy atom. The molecular formula is C20H24N2O3S2. The molecule has 0 radical (unpaired) electrons. The van der Waals surface area contributed by atoms with Gasteiger partial charge in [-0.15, -0.1) is 11.3 Å². The van der Waals surface area contributed by atoms with E-state index in [-0.39, 0.29) is 12.5 Å². The lowest BCUT2D eigenvalue weighted by Gasteiger charge is -2.37. The normalized spacial score (nSPS) is 21.5. The van der Waals surface area contributed by atoms with Crippen molar-refractivity contribution in [3.05, 3.63) is 52.9 Å². The molecule has 1 aromatic heterocycles. The number of fused-ring (bicyclic) bond motifs is 1. The Labute approximate surface area is 164 Å². The van der Waals surface area contributed by atoms with E-state index >= 15 is 0 Å². The number of likely N-dealkylation sites (tertiary alicyclic amines) is 1. The number of thiophene rings is 1. The fourth-order valence-corrected chi connectivity index (χ4v) is 6.67. The largest absolute Gasteiger partial charge is 0.341 e. The molecule has 2 aliphatic heterocycles. The zero-order chi connectivity index (χ0) is 18.9. The van der Waals surface area contributed by atoms with Crippen molar-refractivity contribution in [2.75, 3.05) is 13.1 Å². The number of benzene rings is 1. The van der Waals surface area contributed by atoms with E-state index in [4.69, 9.17) is 0 Å². The van der Waals surface area contributed by atoms with E-state index in [1.807, 2.05) is 29.2 Å². The lowest BCUT2D eigenvalue weighted by molar-refractivity contribution is -0.135. The van der Waals surface area contributed by atoms with Gasteiger partial charge in [-0.2, -0.15) is 4.31 Å². The molecule has 0 spiro atoms. The summed E-state index contributed by atoms with van der Waals surface area (Å²) < 4.78 is 28.3. The number of hydrogen-bond donors (Lipinski definition) is 0. The lowest BCUT2D eigenvalue weighted by Crippen LogP contribution is -2.53. The van der Waals surface area contributed by atoms with Crippen LogP contribution >= 0.6 is 11.3 Å². The summed E-state index contributed by atoms with van der Waals surface area (Å²) >= 11 is 1.20. The van der Waals surface area contributed by atoms with E-state index in [0.29, 0.717) is 10.6 Å². The van der Waals surface area contributed by atoms with E-state index < -0.39 is 16.1 Å². The van der Waals surface area contributed by atoms with Crippen LogP contribution in [0.1, 0.15) is 36.8 Å². The van der Waals surface area contributed by atoms with E-state index in [1.54, 1.807) is 17.5 Å². The van der Waals surface area contributed by atoms with Gasteiger partial charge in [0.05, 0.1) is 0 Å². The van der Waals surface area contributed by atoms with Crippen LogP contribution in [0, 0.1) is 0 Å². The van der Waals surface area contributed by atoms with Crippen LogP contribution in [0.4, 0.5) is 0 Å². The van der Waals surface area contributed by atoms with Crippen LogP contribution in [0.15, 0.2) is 46.0 Å². The minimum Gasteiger partial charge on any atom is -0.341 e. The second-order valence-electron chi connectivity index (χ2n) is 7.21. The topological polar surface area (TPSA) is 57.7 Å². The Bertz CT molecular complexity index is 901. The Morgan fingerprint density at radius 3 is 2.33 bits per heavy atom. The average Bonchev–Trinajstić information content (AvgIpc) is 3.10. The summed E-state index contributed by atoms with van der Waals surface area (Å²) in [7, 11) is -3.70. The summed E-state index contributed by atoms with van der Waals surface area (Å²) in [6, 6.07) is 10.5. The third kappa shape index (κ3) is 3.68. The maximum Gasteiger partial charge on any atom is 0.253 e. The highest BCUT2D eigenvalue weighted by Crippen LogP contribution is 2.32. The molecule has 0 N–H and O–H groups in total. The highest BCUT2D eigenvalue weighted by atomic mass is 32.2. The number of rotatable bonds is 3. The van der Waals surface area contributed by atoms with Gasteiger partial charge in [-0.25, -0.2) is 8.42 Å². The van der Waals surface area contributed by atoms with Gasteiger partial charge in [-0.1, -0.05) is 43.2 Å². The molecule has 5 nitrogen and oxygen atoms in total. The highest BCUT2D eigenvalue weighted by Gasteiger charge is 2.41. The third-order valence-electron chi connectivity index (χ3n) is 5.47. The molecule has 1 saturated heterocycles. The maximum atomic E-state index is 13.4. The van der Waals surface area contributed by atoms with Gasteiger partial charge in [-0.05, 0) is 41.8 Å². The summed E-state index contributed by atoms with van der Waals surface area (Å²) in [5, 5.41) is 1.76. The first kappa shape index (κ1) is 18.7. The van der Waals surface area contributed by atoms with Crippen molar-refractivity contribution in [2.45, 2.75) is 48.9 Å². The fraction of sp³-hybridized carbons (Fsp3) is 0.450. The number of carbonyl (C=O) groups excluding carboxylic acids is 1. The lowest BCUT2D eigenvalue weighted by atomic mass is 9.95. The zero-order valence-electron chi connectivity index (χ0n) is 15.2. The molecule has 3 heterocycles. The first-order valence-corrected chi connectivity index (χ1v) is 11.8. The first-order valence-electron chi connectivity index (χ1n) is 9.48. The van der Waals surface area contributed by atoms with E-state index in [1.165, 1.54) is 15.6 Å². The van der Waals surface area contributed by atoms with Gasteiger partial charge in [0, 0.05) is 19.6 Å². The smallest absolute Gasteiger partial charge is 0.253 e. The van der Waals surface area contributed by atoms with Crippen molar-refractivity contribution in [3.8, 4) is 0 Å². The molecule has 0 saturated carbocycles. The molecule has 144 valence electrons. The second kappa shape index (κ2) is 7.73. The van der Waals surface area contributed by atoms with Crippen LogP contribution < -0.4 is 0 Å². The molecule has 4 rings (SSSR count). The van der Waals surface area contributed by atoms with Crippen LogP contribution in [0.25, 0.3) is 0 Å². The van der Waals surface area contributed by atoms with Gasteiger partial charge in [0.2, 0.25) is 5.91 Å². The Balaban J connectivity index is 1.70. The molecule has 1 fully saturated rings. The van der Waals surface area contributed by atoms with Gasteiger partial charge >= 0.3 is 0 Å². The molecule has 7 heteroatoms. The molecule has 0 unspecified atom stereocenters. The summed E-state index contributed by atoms with van der Waals surface area (Å²) in [4.78, 5) is 15.2. The molecule has 2 aromatic rings. The molecule has 1 amide bonds. The molecule has 2 aliphatic rings. The van der Waals surface area contributed by atoms with E-state index in [9.17, 15) is 13.2 Å². The molecule has 27 heavy (non-hydrogen) atoms. The van der Waals surface area contributed by atoms with Crippen molar-refractivity contribution in [2.24, 2.45) is 0 Å². The van der Waals surface area contributed by atoms with E-state index in [2.05, 4.69) is 0 Å². The summed E-state index contributed by atoms with van der Waals surface area (Å²) in [5.41, 5.74) is 2.06. The van der Waals surface area contributed by atoms with Gasteiger partial charge in [0.25, 0.3) is 10.0 Å². The van der Waals surface area contributed by atoms with Crippen LogP contribution in [-0.2, 0) is 27.8 Å². The van der Waals surface area contributed by atoms with Crippen molar-refractivity contribution < 1.29 is 13.2 Å². The molecule has 0 bridgehead atoms. The molecule has 1 atom stereocenters. The number of sulfonamides is 1. The summed E-state index contributed by atoms with van der Waals surface area (Å²) in [5.74, 6) is -0.0495. The zero-order valence-corrected chi connectivity index (χ0v) is 16.8. The monoisotopic (exact) mass is 404 g/mol. The SMILES string of the molecule is O=C([C@H]1Cc2ccccc2CN1S(=O)(=O)c1cccs1)N1CCCCCC1. The van der Waals surface area contributed by atoms with Gasteiger partial charge in [-0.3, -0.25) is 4.79 Å². The van der Waals surface area contributed by atoms with Crippen molar-refractivity contribution in [1.82, 2.24) is 9.21 Å². The van der Waals surface area contributed by atoms with Crippen molar-refractivity contribution >= 4 is 27.3 Å². The Morgan fingerprint density at radius 2 is 1.67 bits per heavy atom. The second-order valence-corrected chi connectivity index (χ2v) is 10.3. The number of carbonyl (C=O) groups is 1. The third-order valence-corrected chi connectivity index (χ3v) is 8.69. The van der Waals surface area contributed by atoms with E-state index in [0.717, 1.165) is 49.9 Å². The predicted octanol–water partition coefficient (Wildman–Crippen LogP) is 3.27. The number of nitrogens with zero attached hydrogens (tertiary/aromatic N) is 2. The van der Waals surface area contributed by atoms with Crippen LogP contribution in [0.3, 0.4) is 0 Å². The minimum absolute atomic E-state index is 0.0495. The quantitative estimate of drug-likeness (QED) is 0.789. The van der Waals surface area contributed by atoms with Gasteiger partial charge < -0.3 is 4.90 Å². The summed E-state index contributed by atoms with van der Waals surface area (Å²) in [6.07, 6.45) is 4.69. The van der Waals surface area contributed by atoms with Crippen molar-refractivity contribution in [1.29, 1.82) is 0 Å². The highest BCUT2D eigenvalue weighted by molar-refractivity contribution is 7.91. The Kier molecular flexibility index (Phi) is 5.34. The first-order chi connectivity index (χ1) is 13.1. The fourth-order valence-electron chi connectivity index (χ4n) is 3.99. The molecular weight excluding hydrogens is 380 g/mol. The van der Waals surface area contributed by atoms with Crippen LogP contribution in [0.2, 0.25) is 0 Å². The molecule has 1 aromatic carbocycles. The van der Waals surface area contributed by atoms with Crippen LogP contribution in [-0.4, -0.2) is 42.7 Å². The summed E-state index contributed by atoms with van der Waals surface area (Å²) in [6.45, 7) is 1.70. The van der Waals surface area contributed by atoms with Crippen molar-refractivity contribution in [3.63, 3.8) is 0 Å². The Hall–Kier alpha value is -1.70. The number of amides is 1. The van der Waals surface area contributed by atoms with Gasteiger partial charge in [0.15, 0.2) is 0 Å². The minimum atomic E-state index is -3.70. The van der Waals surface area contributed by atoms with Crippen LogP contribution in [0.5, 0.6) is 0 Å². The predicted molar refractivity (Wildman–Crippen MR) is 106 cm³/mol. The molecule has 0 aliphatic carbocycles. The standard InChI is InChI=1S/C20H24N2O3S2/c23-20(21-11-5-1-2-6-12-21)18-14-16-8-3-4-9-17(16)15-22(18)27(24,25)19-10-7-13-26-19/h3-4,7-10,13,18H,1-2,5-6,11-12,14-15H2/t18-/m1/s1. The maximum absolute atomic E-state index is 13.4. The number of hydrogen-bond acceptors (Lipinski definition) is 4.